The van der Waals surface area contributed by atoms with Crippen molar-refractivity contribution in [2.24, 2.45) is 0 Å². The molecule has 2 rings (SSSR count). The van der Waals surface area contributed by atoms with Crippen LogP contribution in [0.4, 0.5) is 0 Å². The van der Waals surface area contributed by atoms with Gasteiger partial charge in [0.2, 0.25) is 5.91 Å². The van der Waals surface area contributed by atoms with E-state index < -0.39 is 0 Å². The van der Waals surface area contributed by atoms with Crippen LogP contribution in [0.5, 0.6) is 0 Å². The predicted molar refractivity (Wildman–Crippen MR) is 67.8 cm³/mol. The molecule has 0 aliphatic carbocycles. The first-order valence-electron chi connectivity index (χ1n) is 5.93. The van der Waals surface area contributed by atoms with E-state index in [1.165, 1.54) is 23.8 Å². The Morgan fingerprint density at radius 1 is 1.44 bits per heavy atom. The summed E-state index contributed by atoms with van der Waals surface area (Å²) >= 11 is 0. The van der Waals surface area contributed by atoms with Crippen molar-refractivity contribution in [3.05, 3.63) is 53.7 Å². The van der Waals surface area contributed by atoms with Crippen LogP contribution in [0.1, 0.15) is 23.2 Å². The number of amides is 1. The van der Waals surface area contributed by atoms with E-state index in [0.717, 1.165) is 12.1 Å². The average Bonchev–Trinajstić information content (AvgIpc) is 2.87. The molecule has 1 aromatic carbocycles. The lowest BCUT2D eigenvalue weighted by molar-refractivity contribution is -0.121. The molecule has 2 aromatic rings. The molecule has 0 saturated heterocycles. The van der Waals surface area contributed by atoms with Gasteiger partial charge in [-0.15, -0.1) is 0 Å². The van der Waals surface area contributed by atoms with Gasteiger partial charge in [-0.2, -0.15) is 0 Å². The molecule has 0 saturated carbocycles. The Bertz CT molecular complexity index is 506. The highest BCUT2D eigenvalue weighted by Crippen LogP contribution is 2.06. The molecule has 94 valence electrons. The number of rotatable bonds is 5. The minimum atomic E-state index is 0.0273. The summed E-state index contributed by atoms with van der Waals surface area (Å²) in [6.07, 6.45) is 4.13. The van der Waals surface area contributed by atoms with E-state index in [9.17, 15) is 4.79 Å². The number of benzene rings is 1. The summed E-state index contributed by atoms with van der Waals surface area (Å²) in [5.74, 6) is 0.0273. The number of hydrogen-bond acceptors (Lipinski definition) is 3. The molecule has 4 nitrogen and oxygen atoms in total. The van der Waals surface area contributed by atoms with Crippen LogP contribution in [0.25, 0.3) is 0 Å². The maximum Gasteiger partial charge on any atom is 0.220 e. The topological polar surface area (TPSA) is 55.1 Å². The Balaban J connectivity index is 1.75. The number of carbonyl (C=O) groups is 1. The summed E-state index contributed by atoms with van der Waals surface area (Å²) in [6, 6.07) is 8.20. The maximum atomic E-state index is 11.6. The number of nitrogens with one attached hydrogen (secondary N) is 1. The Morgan fingerprint density at radius 3 is 3.06 bits per heavy atom. The van der Waals surface area contributed by atoms with Gasteiger partial charge in [-0.1, -0.05) is 29.8 Å². The van der Waals surface area contributed by atoms with Gasteiger partial charge in [0, 0.05) is 6.42 Å². The molecule has 0 atom stereocenters. The molecular formula is C14H16N2O2. The van der Waals surface area contributed by atoms with Crippen molar-refractivity contribution in [1.82, 2.24) is 10.3 Å². The number of aromatic nitrogens is 1. The van der Waals surface area contributed by atoms with Crippen molar-refractivity contribution in [3.8, 4) is 0 Å². The molecule has 1 amide bonds. The van der Waals surface area contributed by atoms with Crippen molar-refractivity contribution >= 4 is 5.91 Å². The summed E-state index contributed by atoms with van der Waals surface area (Å²) in [5, 5.41) is 2.81. The van der Waals surface area contributed by atoms with Crippen LogP contribution in [-0.2, 0) is 17.8 Å². The van der Waals surface area contributed by atoms with Crippen molar-refractivity contribution in [1.29, 1.82) is 0 Å². The monoisotopic (exact) mass is 244 g/mol. The third-order valence-electron chi connectivity index (χ3n) is 2.67. The molecule has 1 heterocycles. The minimum absolute atomic E-state index is 0.0273. The Hall–Kier alpha value is -2.10. The predicted octanol–water partition coefficient (Wildman–Crippen LogP) is 2.23. The SMILES string of the molecule is Cc1cccc(CCC(=O)NCc2cocn2)c1. The van der Waals surface area contributed by atoms with Gasteiger partial charge in [0.25, 0.3) is 0 Å². The summed E-state index contributed by atoms with van der Waals surface area (Å²) in [7, 11) is 0. The van der Waals surface area contributed by atoms with E-state index in [0.29, 0.717) is 13.0 Å². The molecule has 0 aliphatic rings. The Morgan fingerprint density at radius 2 is 2.33 bits per heavy atom. The van der Waals surface area contributed by atoms with E-state index in [1.807, 2.05) is 25.1 Å². The first-order chi connectivity index (χ1) is 8.74. The third kappa shape index (κ3) is 3.73. The van der Waals surface area contributed by atoms with Crippen LogP contribution in [0.2, 0.25) is 0 Å². The molecule has 0 fully saturated rings. The van der Waals surface area contributed by atoms with E-state index in [4.69, 9.17) is 4.42 Å². The van der Waals surface area contributed by atoms with Crippen LogP contribution in [0.15, 0.2) is 41.3 Å². The lowest BCUT2D eigenvalue weighted by Gasteiger charge is -2.04. The van der Waals surface area contributed by atoms with Crippen molar-refractivity contribution in [2.45, 2.75) is 26.3 Å². The van der Waals surface area contributed by atoms with Crippen molar-refractivity contribution in [2.75, 3.05) is 0 Å². The molecule has 4 heteroatoms. The van der Waals surface area contributed by atoms with Crippen molar-refractivity contribution < 1.29 is 9.21 Å². The standard InChI is InChI=1S/C14H16N2O2/c1-11-3-2-4-12(7-11)5-6-14(17)15-8-13-9-18-10-16-13/h2-4,7,9-10H,5-6,8H2,1H3,(H,15,17). The molecule has 1 aromatic heterocycles. The highest BCUT2D eigenvalue weighted by Gasteiger charge is 2.03. The fraction of sp³-hybridized carbons (Fsp3) is 0.286. The molecule has 0 spiro atoms. The molecule has 0 radical (unpaired) electrons. The molecule has 1 N–H and O–H groups in total. The molecular weight excluding hydrogens is 228 g/mol. The first-order valence-corrected chi connectivity index (χ1v) is 5.93. The normalized spacial score (nSPS) is 10.3. The second-order valence-corrected chi connectivity index (χ2v) is 4.25. The highest BCUT2D eigenvalue weighted by atomic mass is 16.3. The van der Waals surface area contributed by atoms with Gasteiger partial charge in [-0.3, -0.25) is 4.79 Å². The van der Waals surface area contributed by atoms with Gasteiger partial charge in [0.05, 0.1) is 12.2 Å². The fourth-order valence-corrected chi connectivity index (χ4v) is 1.73. The van der Waals surface area contributed by atoms with E-state index in [1.54, 1.807) is 0 Å². The summed E-state index contributed by atoms with van der Waals surface area (Å²) in [5.41, 5.74) is 3.14. The quantitative estimate of drug-likeness (QED) is 0.877. The summed E-state index contributed by atoms with van der Waals surface area (Å²) in [4.78, 5) is 15.6. The second kappa shape index (κ2) is 6.00. The first kappa shape index (κ1) is 12.4. The Labute approximate surface area is 106 Å². The van der Waals surface area contributed by atoms with Crippen LogP contribution >= 0.6 is 0 Å². The largest absolute Gasteiger partial charge is 0.451 e. The van der Waals surface area contributed by atoms with Gasteiger partial charge in [0.15, 0.2) is 6.39 Å². The number of oxazole rings is 1. The Kier molecular flexibility index (Phi) is 4.12. The zero-order chi connectivity index (χ0) is 12.8. The number of hydrogen-bond donors (Lipinski definition) is 1. The minimum Gasteiger partial charge on any atom is -0.451 e. The summed E-state index contributed by atoms with van der Waals surface area (Å²) in [6.45, 7) is 2.47. The zero-order valence-corrected chi connectivity index (χ0v) is 10.3. The lowest BCUT2D eigenvalue weighted by atomic mass is 10.1. The maximum absolute atomic E-state index is 11.6. The van der Waals surface area contributed by atoms with Crippen LogP contribution in [0.3, 0.4) is 0 Å². The van der Waals surface area contributed by atoms with E-state index in [2.05, 4.69) is 16.4 Å². The molecule has 0 unspecified atom stereocenters. The average molecular weight is 244 g/mol. The van der Waals surface area contributed by atoms with Crippen LogP contribution < -0.4 is 5.32 Å². The van der Waals surface area contributed by atoms with Crippen LogP contribution in [0, 0.1) is 6.92 Å². The van der Waals surface area contributed by atoms with Gasteiger partial charge in [-0.25, -0.2) is 4.98 Å². The lowest BCUT2D eigenvalue weighted by Crippen LogP contribution is -2.23. The van der Waals surface area contributed by atoms with Gasteiger partial charge in [0.1, 0.15) is 6.26 Å². The van der Waals surface area contributed by atoms with Crippen LogP contribution in [-0.4, -0.2) is 10.9 Å². The van der Waals surface area contributed by atoms with E-state index in [-0.39, 0.29) is 5.91 Å². The fourth-order valence-electron chi connectivity index (χ4n) is 1.73. The van der Waals surface area contributed by atoms with E-state index >= 15 is 0 Å². The summed E-state index contributed by atoms with van der Waals surface area (Å²) < 4.78 is 4.83. The molecule has 0 aliphatic heterocycles. The molecule has 0 bridgehead atoms. The number of aryl methyl sites for hydroxylation is 2. The zero-order valence-electron chi connectivity index (χ0n) is 10.3. The second-order valence-electron chi connectivity index (χ2n) is 4.25. The highest BCUT2D eigenvalue weighted by molar-refractivity contribution is 5.76. The van der Waals surface area contributed by atoms with Gasteiger partial charge < -0.3 is 9.73 Å². The number of carbonyl (C=O) groups excluding carboxylic acids is 1. The number of nitrogens with zero attached hydrogens (tertiary/aromatic N) is 1. The van der Waals surface area contributed by atoms with Gasteiger partial charge >= 0.3 is 0 Å². The van der Waals surface area contributed by atoms with Crippen molar-refractivity contribution in [3.63, 3.8) is 0 Å². The smallest absolute Gasteiger partial charge is 0.220 e. The third-order valence-corrected chi connectivity index (χ3v) is 2.67. The van der Waals surface area contributed by atoms with Gasteiger partial charge in [-0.05, 0) is 18.9 Å². The molecule has 18 heavy (non-hydrogen) atoms.